The molecule has 1 aromatic carbocycles. The number of rotatable bonds is 3. The molecule has 0 bridgehead atoms. The van der Waals surface area contributed by atoms with Crippen LogP contribution in [0, 0.1) is 0 Å². The van der Waals surface area contributed by atoms with Gasteiger partial charge in [0.25, 0.3) is 0 Å². The quantitative estimate of drug-likeness (QED) is 0.863. The largest absolute Gasteiger partial charge is 0.417 e. The van der Waals surface area contributed by atoms with Crippen molar-refractivity contribution in [2.24, 2.45) is 0 Å². The van der Waals surface area contributed by atoms with Crippen LogP contribution >= 0.6 is 0 Å². The second-order valence-corrected chi connectivity index (χ2v) is 6.99. The number of nitrogens with one attached hydrogen (secondary N) is 1. The number of hydrogen-bond donors (Lipinski definition) is 1. The highest BCUT2D eigenvalue weighted by Gasteiger charge is 2.37. The summed E-state index contributed by atoms with van der Waals surface area (Å²) in [5.41, 5.74) is -1.12. The third kappa shape index (κ3) is 4.20. The van der Waals surface area contributed by atoms with Crippen LogP contribution in [0.5, 0.6) is 0 Å². The molecule has 0 heterocycles. The lowest BCUT2D eigenvalue weighted by molar-refractivity contribution is -0.139. The average Bonchev–Trinajstić information content (AvgIpc) is 2.66. The van der Waals surface area contributed by atoms with Gasteiger partial charge in [0.2, 0.25) is 10.0 Å². The fraction of sp³-hybridized carbons (Fsp3) is 0.571. The molecule has 7 heteroatoms. The molecule has 1 N–H and O–H groups in total. The van der Waals surface area contributed by atoms with Crippen molar-refractivity contribution >= 4 is 10.0 Å². The van der Waals surface area contributed by atoms with E-state index in [0.29, 0.717) is 12.8 Å². The molecule has 0 atom stereocenters. The summed E-state index contributed by atoms with van der Waals surface area (Å²) >= 11 is 0. The van der Waals surface area contributed by atoms with E-state index < -0.39 is 26.7 Å². The van der Waals surface area contributed by atoms with Gasteiger partial charge in [-0.1, -0.05) is 37.8 Å². The molecule has 0 spiro atoms. The van der Waals surface area contributed by atoms with Crippen molar-refractivity contribution in [2.75, 3.05) is 0 Å². The van der Waals surface area contributed by atoms with Gasteiger partial charge in [-0.2, -0.15) is 13.2 Å². The monoisotopic (exact) mass is 321 g/mol. The highest BCUT2D eigenvalue weighted by molar-refractivity contribution is 7.89. The first kappa shape index (κ1) is 16.3. The number of hydrogen-bond acceptors (Lipinski definition) is 2. The Kier molecular flexibility index (Phi) is 4.93. The molecule has 1 aliphatic rings. The van der Waals surface area contributed by atoms with E-state index in [9.17, 15) is 21.6 Å². The summed E-state index contributed by atoms with van der Waals surface area (Å²) in [5.74, 6) is 0. The zero-order chi connectivity index (χ0) is 15.5. The zero-order valence-electron chi connectivity index (χ0n) is 11.5. The number of benzene rings is 1. The van der Waals surface area contributed by atoms with Crippen LogP contribution in [0.4, 0.5) is 13.2 Å². The predicted octanol–water partition coefficient (Wildman–Crippen LogP) is 3.71. The molecule has 2 rings (SSSR count). The molecule has 118 valence electrons. The first-order chi connectivity index (χ1) is 9.81. The van der Waals surface area contributed by atoms with Crippen LogP contribution in [0.3, 0.4) is 0 Å². The summed E-state index contributed by atoms with van der Waals surface area (Å²) < 4.78 is 65.8. The van der Waals surface area contributed by atoms with Crippen molar-refractivity contribution in [3.05, 3.63) is 29.8 Å². The number of sulfonamides is 1. The lowest BCUT2D eigenvalue weighted by Crippen LogP contribution is -2.35. The van der Waals surface area contributed by atoms with Crippen molar-refractivity contribution in [3.63, 3.8) is 0 Å². The van der Waals surface area contributed by atoms with Gasteiger partial charge in [0.15, 0.2) is 0 Å². The van der Waals surface area contributed by atoms with Gasteiger partial charge < -0.3 is 0 Å². The Labute approximate surface area is 122 Å². The minimum absolute atomic E-state index is 0.279. The van der Waals surface area contributed by atoms with Crippen molar-refractivity contribution < 1.29 is 21.6 Å². The molecule has 0 unspecified atom stereocenters. The first-order valence-electron chi connectivity index (χ1n) is 6.99. The summed E-state index contributed by atoms with van der Waals surface area (Å²) in [5, 5.41) is 0. The third-order valence-electron chi connectivity index (χ3n) is 3.66. The molecule has 0 saturated heterocycles. The normalized spacial score (nSPS) is 18.4. The maximum absolute atomic E-state index is 12.9. The molecule has 0 radical (unpaired) electrons. The molecule has 0 aliphatic heterocycles. The Balaban J connectivity index is 2.27. The van der Waals surface area contributed by atoms with E-state index in [1.165, 1.54) is 12.1 Å². The first-order valence-corrected chi connectivity index (χ1v) is 8.47. The van der Waals surface area contributed by atoms with Gasteiger partial charge in [0.1, 0.15) is 0 Å². The molecule has 1 aromatic rings. The van der Waals surface area contributed by atoms with E-state index in [-0.39, 0.29) is 6.04 Å². The van der Waals surface area contributed by atoms with Crippen LogP contribution in [-0.2, 0) is 16.2 Å². The third-order valence-corrected chi connectivity index (χ3v) is 5.24. The summed E-state index contributed by atoms with van der Waals surface area (Å²) in [7, 11) is -4.16. The fourth-order valence-corrected chi connectivity index (χ4v) is 4.15. The Morgan fingerprint density at radius 2 is 1.57 bits per heavy atom. The van der Waals surface area contributed by atoms with E-state index in [0.717, 1.165) is 37.8 Å². The Bertz CT molecular complexity index is 576. The second-order valence-electron chi connectivity index (χ2n) is 5.30. The average molecular weight is 321 g/mol. The van der Waals surface area contributed by atoms with Gasteiger partial charge in [-0.3, -0.25) is 0 Å². The van der Waals surface area contributed by atoms with E-state index in [4.69, 9.17) is 0 Å². The maximum Gasteiger partial charge on any atom is 0.417 e. The predicted molar refractivity (Wildman–Crippen MR) is 73.3 cm³/mol. The molecule has 3 nitrogen and oxygen atoms in total. The molecule has 1 fully saturated rings. The van der Waals surface area contributed by atoms with Crippen molar-refractivity contribution in [3.8, 4) is 0 Å². The van der Waals surface area contributed by atoms with Gasteiger partial charge in [-0.15, -0.1) is 0 Å². The highest BCUT2D eigenvalue weighted by atomic mass is 32.2. The second kappa shape index (κ2) is 6.36. The summed E-state index contributed by atoms with van der Waals surface area (Å²) in [4.78, 5) is -0.693. The lowest BCUT2D eigenvalue weighted by atomic mass is 10.1. The molecule has 21 heavy (non-hydrogen) atoms. The summed E-state index contributed by atoms with van der Waals surface area (Å²) in [6.45, 7) is 0. The van der Waals surface area contributed by atoms with Gasteiger partial charge >= 0.3 is 6.18 Å². The topological polar surface area (TPSA) is 46.2 Å². The maximum atomic E-state index is 12.9. The molecular weight excluding hydrogens is 303 g/mol. The van der Waals surface area contributed by atoms with Gasteiger partial charge in [0, 0.05) is 6.04 Å². The molecular formula is C14H18F3NO2S. The van der Waals surface area contributed by atoms with E-state index in [1.54, 1.807) is 0 Å². The van der Waals surface area contributed by atoms with Crippen LogP contribution in [-0.4, -0.2) is 14.5 Å². The number of halogens is 3. The smallest absolute Gasteiger partial charge is 0.208 e. The lowest BCUT2D eigenvalue weighted by Gasteiger charge is -2.18. The van der Waals surface area contributed by atoms with Crippen LogP contribution in [0.15, 0.2) is 29.2 Å². The van der Waals surface area contributed by atoms with Gasteiger partial charge in [-0.05, 0) is 25.0 Å². The number of alkyl halides is 3. The Morgan fingerprint density at radius 3 is 2.14 bits per heavy atom. The molecule has 0 amide bonds. The SMILES string of the molecule is O=S(=O)(NC1CCCCCC1)c1ccccc1C(F)(F)F. The summed E-state index contributed by atoms with van der Waals surface area (Å²) in [6.07, 6.45) is 0.534. The molecule has 1 aliphatic carbocycles. The van der Waals surface area contributed by atoms with Crippen LogP contribution in [0.1, 0.15) is 44.1 Å². The van der Waals surface area contributed by atoms with Crippen molar-refractivity contribution in [2.45, 2.75) is 55.6 Å². The van der Waals surface area contributed by atoms with Gasteiger partial charge in [0.05, 0.1) is 10.5 Å². The van der Waals surface area contributed by atoms with Crippen LogP contribution in [0.2, 0.25) is 0 Å². The van der Waals surface area contributed by atoms with Crippen molar-refractivity contribution in [1.82, 2.24) is 4.72 Å². The highest BCUT2D eigenvalue weighted by Crippen LogP contribution is 2.34. The molecule has 1 saturated carbocycles. The zero-order valence-corrected chi connectivity index (χ0v) is 12.3. The van der Waals surface area contributed by atoms with Crippen molar-refractivity contribution in [1.29, 1.82) is 0 Å². The standard InChI is InChI=1S/C14H18F3NO2S/c15-14(16,17)12-9-5-6-10-13(12)21(19,20)18-11-7-3-1-2-4-8-11/h5-6,9-11,18H,1-4,7-8H2. The Hall–Kier alpha value is -1.08. The van der Waals surface area contributed by atoms with Crippen LogP contribution in [0.25, 0.3) is 0 Å². The minimum atomic E-state index is -4.69. The fourth-order valence-electron chi connectivity index (χ4n) is 2.62. The van der Waals surface area contributed by atoms with E-state index >= 15 is 0 Å². The van der Waals surface area contributed by atoms with Crippen LogP contribution < -0.4 is 4.72 Å². The minimum Gasteiger partial charge on any atom is -0.208 e. The van der Waals surface area contributed by atoms with E-state index in [1.807, 2.05) is 0 Å². The summed E-state index contributed by atoms with van der Waals surface area (Å²) in [6, 6.07) is 4.01. The molecule has 0 aromatic heterocycles. The Morgan fingerprint density at radius 1 is 1.00 bits per heavy atom. The van der Waals surface area contributed by atoms with Gasteiger partial charge in [-0.25, -0.2) is 13.1 Å². The van der Waals surface area contributed by atoms with E-state index in [2.05, 4.69) is 4.72 Å².